The van der Waals surface area contributed by atoms with Gasteiger partial charge < -0.3 is 9.47 Å². The van der Waals surface area contributed by atoms with Crippen LogP contribution in [0.1, 0.15) is 41.9 Å². The van der Waals surface area contributed by atoms with Crippen molar-refractivity contribution < 1.29 is 14.3 Å². The molecule has 0 amide bonds. The first kappa shape index (κ1) is 22.4. The van der Waals surface area contributed by atoms with Crippen LogP contribution in [-0.2, 0) is 16.0 Å². The van der Waals surface area contributed by atoms with Gasteiger partial charge in [-0.25, -0.2) is 0 Å². The van der Waals surface area contributed by atoms with E-state index >= 15 is 0 Å². The van der Waals surface area contributed by atoms with Crippen molar-refractivity contribution in [3.63, 3.8) is 0 Å². The molecule has 0 N–H and O–H groups in total. The van der Waals surface area contributed by atoms with Gasteiger partial charge in [0.1, 0.15) is 23.4 Å². The predicted molar refractivity (Wildman–Crippen MR) is 129 cm³/mol. The molecule has 0 saturated heterocycles. The van der Waals surface area contributed by atoms with Gasteiger partial charge in [-0.1, -0.05) is 72.8 Å². The Kier molecular flexibility index (Phi) is 7.22. The predicted octanol–water partition coefficient (Wildman–Crippen LogP) is 6.09. The lowest BCUT2D eigenvalue weighted by molar-refractivity contribution is -0.121. The van der Waals surface area contributed by atoms with Crippen LogP contribution in [-0.4, -0.2) is 19.0 Å². The van der Waals surface area contributed by atoms with E-state index in [1.807, 2.05) is 84.9 Å². The second kappa shape index (κ2) is 10.7. The number of ketones is 1. The molecule has 0 saturated carbocycles. The van der Waals surface area contributed by atoms with Crippen molar-refractivity contribution in [3.8, 4) is 11.8 Å². The maximum absolute atomic E-state index is 12.8. The van der Waals surface area contributed by atoms with E-state index < -0.39 is 0 Å². The molecule has 0 bridgehead atoms. The fourth-order valence-electron chi connectivity index (χ4n) is 4.31. The Morgan fingerprint density at radius 3 is 2.30 bits per heavy atom. The van der Waals surface area contributed by atoms with Crippen molar-refractivity contribution in [1.82, 2.24) is 0 Å². The number of carbonyl (C=O) groups is 1. The molecule has 3 aromatic carbocycles. The van der Waals surface area contributed by atoms with E-state index in [4.69, 9.17) is 9.47 Å². The van der Waals surface area contributed by atoms with Gasteiger partial charge in [-0.3, -0.25) is 4.79 Å². The zero-order valence-corrected chi connectivity index (χ0v) is 18.7. The fourth-order valence-corrected chi connectivity index (χ4v) is 4.31. The van der Waals surface area contributed by atoms with Crippen LogP contribution in [0, 0.1) is 11.3 Å². The molecule has 4 rings (SSSR count). The van der Waals surface area contributed by atoms with Gasteiger partial charge >= 0.3 is 0 Å². The van der Waals surface area contributed by atoms with Crippen LogP contribution >= 0.6 is 0 Å². The van der Waals surface area contributed by atoms with Crippen LogP contribution in [0.3, 0.4) is 0 Å². The van der Waals surface area contributed by atoms with Gasteiger partial charge in [-0.2, -0.15) is 5.26 Å². The third kappa shape index (κ3) is 5.51. The van der Waals surface area contributed by atoms with Gasteiger partial charge in [0, 0.05) is 24.3 Å². The van der Waals surface area contributed by atoms with Gasteiger partial charge in [0.25, 0.3) is 0 Å². The van der Waals surface area contributed by atoms with Crippen molar-refractivity contribution in [3.05, 3.63) is 107 Å². The summed E-state index contributed by atoms with van der Waals surface area (Å²) < 4.78 is 11.6. The second-order valence-electron chi connectivity index (χ2n) is 8.25. The number of ether oxygens (including phenoxy) is 2. The first-order chi connectivity index (χ1) is 16.2. The zero-order chi connectivity index (χ0) is 23.0. The number of hydrogen-bond acceptors (Lipinski definition) is 4. The van der Waals surface area contributed by atoms with E-state index in [9.17, 15) is 10.1 Å². The molecule has 1 heterocycles. The Balaban J connectivity index is 1.58. The minimum atomic E-state index is -0.285. The summed E-state index contributed by atoms with van der Waals surface area (Å²) in [6, 6.07) is 29.9. The van der Waals surface area contributed by atoms with Crippen LogP contribution in [0.5, 0.6) is 5.75 Å². The molecular formula is C29H27NO3. The molecule has 166 valence electrons. The molecule has 0 aliphatic carbocycles. The summed E-state index contributed by atoms with van der Waals surface area (Å²) in [6.45, 7) is 0. The SMILES string of the molecule is COc1ccc([C@@H]2C[C@@H](CC(=O)CCc3ccccc3)OC(c3ccccc3)=C2C#N)cc1. The molecule has 4 nitrogen and oxygen atoms in total. The lowest BCUT2D eigenvalue weighted by Gasteiger charge is -2.32. The normalized spacial score (nSPS) is 17.7. The maximum atomic E-state index is 12.8. The van der Waals surface area contributed by atoms with E-state index in [2.05, 4.69) is 6.07 Å². The maximum Gasteiger partial charge on any atom is 0.141 e. The first-order valence-corrected chi connectivity index (χ1v) is 11.2. The molecule has 0 radical (unpaired) electrons. The molecular weight excluding hydrogens is 410 g/mol. The minimum absolute atomic E-state index is 0.142. The lowest BCUT2D eigenvalue weighted by Crippen LogP contribution is -2.26. The van der Waals surface area contributed by atoms with Gasteiger partial charge in [0.05, 0.1) is 18.8 Å². The number of aryl methyl sites for hydroxylation is 1. The number of allylic oxidation sites excluding steroid dienone is 1. The average Bonchev–Trinajstić information content (AvgIpc) is 2.88. The summed E-state index contributed by atoms with van der Waals surface area (Å²) in [6.07, 6.45) is 1.83. The van der Waals surface area contributed by atoms with Crippen LogP contribution in [0.2, 0.25) is 0 Å². The van der Waals surface area contributed by atoms with E-state index in [1.54, 1.807) is 7.11 Å². The summed E-state index contributed by atoms with van der Waals surface area (Å²) in [5, 5.41) is 10.1. The van der Waals surface area contributed by atoms with E-state index in [1.165, 1.54) is 0 Å². The quantitative estimate of drug-likeness (QED) is 0.428. The van der Waals surface area contributed by atoms with Crippen LogP contribution in [0.15, 0.2) is 90.5 Å². The summed E-state index contributed by atoms with van der Waals surface area (Å²) >= 11 is 0. The Morgan fingerprint density at radius 1 is 1.00 bits per heavy atom. The Labute approximate surface area is 195 Å². The monoisotopic (exact) mass is 437 g/mol. The summed E-state index contributed by atoms with van der Waals surface area (Å²) in [4.78, 5) is 12.8. The number of hydrogen-bond donors (Lipinski definition) is 0. The summed E-state index contributed by atoms with van der Waals surface area (Å²) in [7, 11) is 1.63. The largest absolute Gasteiger partial charge is 0.497 e. The molecule has 0 fully saturated rings. The highest BCUT2D eigenvalue weighted by Gasteiger charge is 2.33. The molecule has 4 heteroatoms. The first-order valence-electron chi connectivity index (χ1n) is 11.2. The smallest absolute Gasteiger partial charge is 0.141 e. The van der Waals surface area contributed by atoms with Crippen molar-refractivity contribution in [2.24, 2.45) is 0 Å². The van der Waals surface area contributed by atoms with Crippen molar-refractivity contribution >= 4 is 11.5 Å². The standard InChI is InChI=1S/C29H27NO3/c1-32-25-16-13-22(14-17-25)27-19-26(18-24(31)15-12-21-8-4-2-5-9-21)33-29(28(27)20-30)23-10-6-3-7-11-23/h2-11,13-14,16-17,26-27H,12,15,18-19H2,1H3/t26-,27+/m1/s1. The topological polar surface area (TPSA) is 59.3 Å². The molecule has 2 atom stereocenters. The van der Waals surface area contributed by atoms with Gasteiger partial charge in [0.2, 0.25) is 0 Å². The van der Waals surface area contributed by atoms with E-state index in [0.29, 0.717) is 30.6 Å². The van der Waals surface area contributed by atoms with Crippen LogP contribution in [0.4, 0.5) is 0 Å². The van der Waals surface area contributed by atoms with Gasteiger partial charge in [0.15, 0.2) is 0 Å². The number of methoxy groups -OCH3 is 1. The van der Waals surface area contributed by atoms with Crippen molar-refractivity contribution in [2.75, 3.05) is 7.11 Å². The number of nitrogens with zero attached hydrogens (tertiary/aromatic N) is 1. The molecule has 1 aliphatic rings. The fraction of sp³-hybridized carbons (Fsp3) is 0.241. The van der Waals surface area contributed by atoms with E-state index in [0.717, 1.165) is 28.9 Å². The zero-order valence-electron chi connectivity index (χ0n) is 18.7. The van der Waals surface area contributed by atoms with E-state index in [-0.39, 0.29) is 17.8 Å². The molecule has 3 aromatic rings. The van der Waals surface area contributed by atoms with Gasteiger partial charge in [-0.15, -0.1) is 0 Å². The van der Waals surface area contributed by atoms with Gasteiger partial charge in [-0.05, 0) is 36.1 Å². The number of Topliss-reactive ketones (excluding diaryl/α,β-unsaturated/α-hetero) is 1. The van der Waals surface area contributed by atoms with Crippen molar-refractivity contribution in [1.29, 1.82) is 5.26 Å². The average molecular weight is 438 g/mol. The molecule has 0 unspecified atom stereocenters. The Hall–Kier alpha value is -3.84. The highest BCUT2D eigenvalue weighted by atomic mass is 16.5. The molecule has 0 spiro atoms. The lowest BCUT2D eigenvalue weighted by atomic mass is 9.82. The summed E-state index contributed by atoms with van der Waals surface area (Å²) in [5.41, 5.74) is 3.63. The molecule has 33 heavy (non-hydrogen) atoms. The number of carbonyl (C=O) groups excluding carboxylic acids is 1. The number of benzene rings is 3. The van der Waals surface area contributed by atoms with Crippen LogP contribution in [0.25, 0.3) is 5.76 Å². The highest BCUT2D eigenvalue weighted by Crippen LogP contribution is 2.41. The Morgan fingerprint density at radius 2 is 1.67 bits per heavy atom. The highest BCUT2D eigenvalue weighted by molar-refractivity contribution is 5.80. The second-order valence-corrected chi connectivity index (χ2v) is 8.25. The number of rotatable bonds is 8. The molecule has 1 aliphatic heterocycles. The number of nitriles is 1. The summed E-state index contributed by atoms with van der Waals surface area (Å²) in [5.74, 6) is 1.37. The molecule has 0 aromatic heterocycles. The van der Waals surface area contributed by atoms with Crippen LogP contribution < -0.4 is 4.74 Å². The van der Waals surface area contributed by atoms with Crippen molar-refractivity contribution in [2.45, 2.75) is 37.7 Å². The third-order valence-electron chi connectivity index (χ3n) is 6.04. The third-order valence-corrected chi connectivity index (χ3v) is 6.04. The Bertz CT molecular complexity index is 1140. The minimum Gasteiger partial charge on any atom is -0.497 e.